The van der Waals surface area contributed by atoms with Gasteiger partial charge in [-0.2, -0.15) is 11.8 Å². The summed E-state index contributed by atoms with van der Waals surface area (Å²) in [4.78, 5) is 19.1. The van der Waals surface area contributed by atoms with Gasteiger partial charge in [-0.1, -0.05) is 6.42 Å². The van der Waals surface area contributed by atoms with Gasteiger partial charge in [0.05, 0.1) is 6.10 Å². The van der Waals surface area contributed by atoms with E-state index in [9.17, 15) is 9.90 Å². The molecule has 1 amide bonds. The minimum Gasteiger partial charge on any atom is -0.393 e. The van der Waals surface area contributed by atoms with Gasteiger partial charge in [0.2, 0.25) is 5.91 Å². The molecular formula is C19H35IN4O2S. The zero-order valence-electron chi connectivity index (χ0n) is 16.4. The molecule has 1 saturated heterocycles. The normalized spacial score (nSPS) is 31.9. The van der Waals surface area contributed by atoms with E-state index in [1.807, 2.05) is 11.8 Å². The summed E-state index contributed by atoms with van der Waals surface area (Å²) in [7, 11) is 1.80. The monoisotopic (exact) mass is 510 g/mol. The number of halogens is 1. The third-order valence-corrected chi connectivity index (χ3v) is 7.06. The molecule has 0 bridgehead atoms. The molecule has 0 aromatic rings. The number of aliphatic hydroxyl groups is 1. The Kier molecular flexibility index (Phi) is 10.00. The van der Waals surface area contributed by atoms with Gasteiger partial charge in [-0.05, 0) is 38.5 Å². The Hall–Kier alpha value is -0.220. The lowest BCUT2D eigenvalue weighted by molar-refractivity contribution is -0.136. The number of guanidine groups is 1. The fourth-order valence-electron chi connectivity index (χ4n) is 4.40. The van der Waals surface area contributed by atoms with Gasteiger partial charge in [0.25, 0.3) is 0 Å². The van der Waals surface area contributed by atoms with Crippen molar-refractivity contribution < 1.29 is 9.90 Å². The van der Waals surface area contributed by atoms with Gasteiger partial charge in [0, 0.05) is 56.1 Å². The number of nitrogens with one attached hydrogen (secondary N) is 2. The van der Waals surface area contributed by atoms with Gasteiger partial charge in [-0.25, -0.2) is 0 Å². The van der Waals surface area contributed by atoms with Crippen LogP contribution in [0.3, 0.4) is 0 Å². The third-order valence-electron chi connectivity index (χ3n) is 6.11. The average molecular weight is 510 g/mol. The van der Waals surface area contributed by atoms with E-state index < -0.39 is 0 Å². The van der Waals surface area contributed by atoms with Gasteiger partial charge in [-0.3, -0.25) is 9.79 Å². The van der Waals surface area contributed by atoms with Crippen LogP contribution in [-0.4, -0.2) is 72.2 Å². The van der Waals surface area contributed by atoms with Crippen molar-refractivity contribution >= 4 is 47.6 Å². The van der Waals surface area contributed by atoms with Crippen molar-refractivity contribution in [3.8, 4) is 0 Å². The Morgan fingerprint density at radius 3 is 2.44 bits per heavy atom. The summed E-state index contributed by atoms with van der Waals surface area (Å²) in [5.41, 5.74) is 0. The molecule has 3 aliphatic rings. The first-order chi connectivity index (χ1) is 12.7. The highest BCUT2D eigenvalue weighted by Gasteiger charge is 2.30. The highest BCUT2D eigenvalue weighted by atomic mass is 127. The molecule has 3 N–H and O–H groups in total. The molecule has 0 spiro atoms. The smallest absolute Gasteiger partial charge is 0.225 e. The first-order valence-electron chi connectivity index (χ1n) is 10.2. The van der Waals surface area contributed by atoms with E-state index in [0.717, 1.165) is 82.0 Å². The number of nitrogens with zero attached hydrogens (tertiary/aromatic N) is 2. The Labute approximate surface area is 184 Å². The first kappa shape index (κ1) is 23.1. The minimum atomic E-state index is -0.171. The lowest BCUT2D eigenvalue weighted by atomic mass is 9.85. The highest BCUT2D eigenvalue weighted by molar-refractivity contribution is 14.0. The Morgan fingerprint density at radius 1 is 1.15 bits per heavy atom. The van der Waals surface area contributed by atoms with Crippen molar-refractivity contribution in [2.24, 2.45) is 16.8 Å². The van der Waals surface area contributed by atoms with E-state index in [0.29, 0.717) is 17.9 Å². The van der Waals surface area contributed by atoms with Crippen molar-refractivity contribution in [1.82, 2.24) is 15.5 Å². The Balaban J connectivity index is 0.00000261. The quantitative estimate of drug-likeness (QED) is 0.307. The SMILES string of the molecule is CN=C(NCC1CCCC1O)NC1CCC(C(=O)N2CCSCC2)CC1.I. The third kappa shape index (κ3) is 6.66. The van der Waals surface area contributed by atoms with Crippen molar-refractivity contribution in [3.63, 3.8) is 0 Å². The molecule has 0 aromatic heterocycles. The lowest BCUT2D eigenvalue weighted by Crippen LogP contribution is -2.48. The molecule has 8 heteroatoms. The van der Waals surface area contributed by atoms with E-state index >= 15 is 0 Å². The molecule has 2 atom stereocenters. The molecular weight excluding hydrogens is 475 g/mol. The van der Waals surface area contributed by atoms with E-state index in [4.69, 9.17) is 0 Å². The van der Waals surface area contributed by atoms with Crippen molar-refractivity contribution in [1.29, 1.82) is 0 Å². The number of hydrogen-bond acceptors (Lipinski definition) is 4. The summed E-state index contributed by atoms with van der Waals surface area (Å²) in [6.45, 7) is 2.62. The summed E-state index contributed by atoms with van der Waals surface area (Å²) in [5, 5.41) is 16.8. The van der Waals surface area contributed by atoms with Crippen LogP contribution in [0.1, 0.15) is 44.9 Å². The maximum atomic E-state index is 12.7. The predicted octanol–water partition coefficient (Wildman–Crippen LogP) is 2.06. The Bertz CT molecular complexity index is 494. The molecule has 3 rings (SSSR count). The van der Waals surface area contributed by atoms with E-state index in [-0.39, 0.29) is 36.0 Å². The second-order valence-electron chi connectivity index (χ2n) is 7.84. The van der Waals surface area contributed by atoms with Crippen molar-refractivity contribution in [2.75, 3.05) is 38.2 Å². The van der Waals surface area contributed by atoms with Crippen LogP contribution in [0.25, 0.3) is 0 Å². The van der Waals surface area contributed by atoms with Crippen LogP contribution in [0.15, 0.2) is 4.99 Å². The molecule has 2 saturated carbocycles. The van der Waals surface area contributed by atoms with Gasteiger partial charge in [0.15, 0.2) is 5.96 Å². The van der Waals surface area contributed by atoms with Crippen molar-refractivity contribution in [3.05, 3.63) is 0 Å². The second kappa shape index (κ2) is 11.7. The van der Waals surface area contributed by atoms with E-state index in [2.05, 4.69) is 20.5 Å². The molecule has 0 aromatic carbocycles. The van der Waals surface area contributed by atoms with Crippen LogP contribution in [0, 0.1) is 11.8 Å². The molecule has 156 valence electrons. The first-order valence-corrected chi connectivity index (χ1v) is 11.3. The summed E-state index contributed by atoms with van der Waals surface area (Å²) in [5.74, 6) is 3.92. The van der Waals surface area contributed by atoms with Crippen LogP contribution >= 0.6 is 35.7 Å². The predicted molar refractivity (Wildman–Crippen MR) is 123 cm³/mol. The molecule has 27 heavy (non-hydrogen) atoms. The number of carbonyl (C=O) groups excluding carboxylic acids is 1. The number of aliphatic hydroxyl groups excluding tert-OH is 1. The zero-order chi connectivity index (χ0) is 18.4. The largest absolute Gasteiger partial charge is 0.393 e. The Morgan fingerprint density at radius 2 is 1.85 bits per heavy atom. The maximum Gasteiger partial charge on any atom is 0.225 e. The number of hydrogen-bond donors (Lipinski definition) is 3. The van der Waals surface area contributed by atoms with Gasteiger partial charge in [0.1, 0.15) is 0 Å². The number of thioether (sulfide) groups is 1. The topological polar surface area (TPSA) is 77.0 Å². The number of amides is 1. The summed E-state index contributed by atoms with van der Waals surface area (Å²) in [6, 6.07) is 0.385. The molecule has 0 radical (unpaired) electrons. The second-order valence-corrected chi connectivity index (χ2v) is 9.07. The van der Waals surface area contributed by atoms with Gasteiger partial charge >= 0.3 is 0 Å². The lowest BCUT2D eigenvalue weighted by Gasteiger charge is -2.34. The summed E-state index contributed by atoms with van der Waals surface area (Å²) >= 11 is 1.95. The van der Waals surface area contributed by atoms with Crippen molar-refractivity contribution in [2.45, 2.75) is 57.1 Å². The molecule has 3 fully saturated rings. The summed E-state index contributed by atoms with van der Waals surface area (Å²) < 4.78 is 0. The fourth-order valence-corrected chi connectivity index (χ4v) is 5.30. The summed E-state index contributed by atoms with van der Waals surface area (Å²) in [6.07, 6.45) is 6.94. The van der Waals surface area contributed by atoms with Crippen LogP contribution in [0.5, 0.6) is 0 Å². The molecule has 6 nitrogen and oxygen atoms in total. The number of carbonyl (C=O) groups is 1. The highest BCUT2D eigenvalue weighted by Crippen LogP contribution is 2.27. The van der Waals surface area contributed by atoms with Crippen LogP contribution < -0.4 is 10.6 Å². The molecule has 1 heterocycles. The van der Waals surface area contributed by atoms with Gasteiger partial charge < -0.3 is 20.6 Å². The van der Waals surface area contributed by atoms with Crippen LogP contribution in [0.2, 0.25) is 0 Å². The van der Waals surface area contributed by atoms with E-state index in [1.54, 1.807) is 7.05 Å². The molecule has 2 aliphatic carbocycles. The average Bonchev–Trinajstić information content (AvgIpc) is 3.10. The van der Waals surface area contributed by atoms with Crippen LogP contribution in [0.4, 0.5) is 0 Å². The molecule has 1 aliphatic heterocycles. The molecule has 2 unspecified atom stereocenters. The standard InChI is InChI=1S/C19H34N4O2S.HI/c1-20-19(21-13-15-3-2-4-17(15)24)22-16-7-5-14(6-8-16)18(25)23-9-11-26-12-10-23;/h14-17,24H,2-13H2,1H3,(H2,20,21,22);1H. The fraction of sp³-hybridized carbons (Fsp3) is 0.895. The number of rotatable bonds is 4. The number of aliphatic imine (C=N–C) groups is 1. The maximum absolute atomic E-state index is 12.7. The van der Waals surface area contributed by atoms with Crippen LogP contribution in [-0.2, 0) is 4.79 Å². The van der Waals surface area contributed by atoms with Gasteiger partial charge in [-0.15, -0.1) is 24.0 Å². The van der Waals surface area contributed by atoms with E-state index in [1.165, 1.54) is 0 Å². The zero-order valence-corrected chi connectivity index (χ0v) is 19.5. The minimum absolute atomic E-state index is 0.